The third-order valence-electron chi connectivity index (χ3n) is 4.05. The number of methoxy groups -OCH3 is 1. The van der Waals surface area contributed by atoms with Gasteiger partial charge in [-0.2, -0.15) is 5.10 Å². The molecule has 0 spiro atoms. The number of ether oxygens (including phenoxy) is 1. The predicted octanol–water partition coefficient (Wildman–Crippen LogP) is 2.20. The van der Waals surface area contributed by atoms with E-state index in [4.69, 9.17) is 4.74 Å². The molecule has 1 aliphatic heterocycles. The summed E-state index contributed by atoms with van der Waals surface area (Å²) in [5.41, 5.74) is 4.13. The van der Waals surface area contributed by atoms with E-state index in [-0.39, 0.29) is 18.2 Å². The summed E-state index contributed by atoms with van der Waals surface area (Å²) in [6.45, 7) is 0.364. The van der Waals surface area contributed by atoms with Crippen molar-refractivity contribution in [2.24, 2.45) is 11.0 Å². The van der Waals surface area contributed by atoms with Crippen molar-refractivity contribution in [3.63, 3.8) is 0 Å². The molecular weight excluding hydrogens is 318 g/mol. The van der Waals surface area contributed by atoms with Crippen LogP contribution in [-0.2, 0) is 9.59 Å². The molecule has 1 fully saturated rings. The number of carbonyl (C=O) groups is 2. The van der Waals surface area contributed by atoms with Gasteiger partial charge < -0.3 is 9.64 Å². The first-order chi connectivity index (χ1) is 12.2. The molecule has 1 N–H and O–H groups in total. The molecule has 1 aliphatic rings. The van der Waals surface area contributed by atoms with E-state index >= 15 is 0 Å². The lowest BCUT2D eigenvalue weighted by atomic mass is 10.1. The number of hydrogen-bond donors (Lipinski definition) is 1. The van der Waals surface area contributed by atoms with Crippen LogP contribution in [0.2, 0.25) is 0 Å². The van der Waals surface area contributed by atoms with Crippen LogP contribution >= 0.6 is 0 Å². The van der Waals surface area contributed by atoms with E-state index < -0.39 is 5.92 Å². The highest BCUT2D eigenvalue weighted by molar-refractivity contribution is 6.00. The maximum absolute atomic E-state index is 12.3. The monoisotopic (exact) mass is 337 g/mol. The van der Waals surface area contributed by atoms with Crippen LogP contribution in [0.5, 0.6) is 5.75 Å². The van der Waals surface area contributed by atoms with Gasteiger partial charge in [-0.05, 0) is 29.8 Å². The molecule has 1 atom stereocenters. The Hall–Kier alpha value is -3.15. The van der Waals surface area contributed by atoms with Crippen LogP contribution in [0, 0.1) is 5.92 Å². The van der Waals surface area contributed by atoms with Crippen LogP contribution in [0.1, 0.15) is 12.0 Å². The second-order valence-electron chi connectivity index (χ2n) is 5.75. The first-order valence-corrected chi connectivity index (χ1v) is 8.00. The second-order valence-corrected chi connectivity index (χ2v) is 5.75. The summed E-state index contributed by atoms with van der Waals surface area (Å²) in [5, 5.41) is 3.97. The molecule has 0 saturated carbocycles. The average molecular weight is 337 g/mol. The van der Waals surface area contributed by atoms with Crippen molar-refractivity contribution in [3.05, 3.63) is 60.2 Å². The van der Waals surface area contributed by atoms with E-state index in [0.29, 0.717) is 6.54 Å². The first kappa shape index (κ1) is 16.7. The topological polar surface area (TPSA) is 71.0 Å². The molecule has 3 rings (SSSR count). The Labute approximate surface area is 146 Å². The number of para-hydroxylation sites is 1. The number of carbonyl (C=O) groups excluding carboxylic acids is 2. The number of anilines is 1. The maximum atomic E-state index is 12.3. The highest BCUT2D eigenvalue weighted by atomic mass is 16.5. The Morgan fingerprint density at radius 1 is 1.24 bits per heavy atom. The van der Waals surface area contributed by atoms with Gasteiger partial charge in [0, 0.05) is 18.7 Å². The number of nitrogens with zero attached hydrogens (tertiary/aromatic N) is 2. The molecular formula is C19H19N3O3. The molecule has 2 aromatic carbocycles. The molecule has 0 bridgehead atoms. The lowest BCUT2D eigenvalue weighted by Gasteiger charge is -2.16. The highest BCUT2D eigenvalue weighted by Crippen LogP contribution is 2.24. The molecule has 2 amide bonds. The lowest BCUT2D eigenvalue weighted by molar-refractivity contribution is -0.126. The zero-order valence-corrected chi connectivity index (χ0v) is 13.9. The zero-order chi connectivity index (χ0) is 17.6. The minimum absolute atomic E-state index is 0.0527. The fourth-order valence-electron chi connectivity index (χ4n) is 2.72. The summed E-state index contributed by atoms with van der Waals surface area (Å²) in [6, 6.07) is 16.7. The van der Waals surface area contributed by atoms with Crippen LogP contribution in [0.3, 0.4) is 0 Å². The van der Waals surface area contributed by atoms with Gasteiger partial charge in [0.25, 0.3) is 0 Å². The van der Waals surface area contributed by atoms with Gasteiger partial charge in [0.1, 0.15) is 5.75 Å². The van der Waals surface area contributed by atoms with Crippen molar-refractivity contribution in [2.45, 2.75) is 6.42 Å². The van der Waals surface area contributed by atoms with E-state index in [2.05, 4.69) is 10.5 Å². The number of amides is 2. The van der Waals surface area contributed by atoms with Gasteiger partial charge >= 0.3 is 0 Å². The predicted molar refractivity (Wildman–Crippen MR) is 95.6 cm³/mol. The quantitative estimate of drug-likeness (QED) is 0.672. The summed E-state index contributed by atoms with van der Waals surface area (Å²) in [4.78, 5) is 26.0. The zero-order valence-electron chi connectivity index (χ0n) is 13.9. The molecule has 0 aliphatic carbocycles. The van der Waals surface area contributed by atoms with Gasteiger partial charge in [0.2, 0.25) is 11.8 Å². The van der Waals surface area contributed by atoms with Gasteiger partial charge in [-0.25, -0.2) is 5.43 Å². The molecule has 6 heteroatoms. The van der Waals surface area contributed by atoms with Gasteiger partial charge in [-0.15, -0.1) is 0 Å². The number of benzene rings is 2. The number of rotatable bonds is 5. The van der Waals surface area contributed by atoms with Gasteiger partial charge in [0.15, 0.2) is 0 Å². The van der Waals surface area contributed by atoms with Crippen molar-refractivity contribution < 1.29 is 14.3 Å². The number of nitrogens with one attached hydrogen (secondary N) is 1. The first-order valence-electron chi connectivity index (χ1n) is 8.00. The molecule has 128 valence electrons. The fraction of sp³-hybridized carbons (Fsp3) is 0.211. The SMILES string of the molecule is COc1cccc(/C=N\NC(=O)[C@H]2CC(=O)N(c3ccccc3)C2)c1. The summed E-state index contributed by atoms with van der Waals surface area (Å²) < 4.78 is 5.14. The van der Waals surface area contributed by atoms with E-state index in [0.717, 1.165) is 17.0 Å². The minimum Gasteiger partial charge on any atom is -0.497 e. The molecule has 25 heavy (non-hydrogen) atoms. The van der Waals surface area contributed by atoms with Crippen LogP contribution in [-0.4, -0.2) is 31.7 Å². The Kier molecular flexibility index (Phi) is 5.09. The van der Waals surface area contributed by atoms with Crippen LogP contribution in [0.15, 0.2) is 59.7 Å². The number of hydrogen-bond acceptors (Lipinski definition) is 4. The Balaban J connectivity index is 1.58. The fourth-order valence-corrected chi connectivity index (χ4v) is 2.72. The van der Waals surface area contributed by atoms with Crippen molar-refractivity contribution >= 4 is 23.7 Å². The third kappa shape index (κ3) is 4.03. The normalized spacial score (nSPS) is 17.1. The smallest absolute Gasteiger partial charge is 0.245 e. The van der Waals surface area contributed by atoms with Gasteiger partial charge in [-0.3, -0.25) is 9.59 Å². The van der Waals surface area contributed by atoms with E-state index in [9.17, 15) is 9.59 Å². The van der Waals surface area contributed by atoms with Crippen LogP contribution in [0.25, 0.3) is 0 Å². The van der Waals surface area contributed by atoms with Crippen LogP contribution in [0.4, 0.5) is 5.69 Å². The van der Waals surface area contributed by atoms with Crippen molar-refractivity contribution in [2.75, 3.05) is 18.6 Å². The lowest BCUT2D eigenvalue weighted by Crippen LogP contribution is -2.30. The largest absolute Gasteiger partial charge is 0.497 e. The highest BCUT2D eigenvalue weighted by Gasteiger charge is 2.34. The third-order valence-corrected chi connectivity index (χ3v) is 4.05. The Morgan fingerprint density at radius 3 is 2.80 bits per heavy atom. The molecule has 1 heterocycles. The van der Waals surface area contributed by atoms with E-state index in [1.54, 1.807) is 18.2 Å². The molecule has 0 unspecified atom stereocenters. The molecule has 0 aromatic heterocycles. The van der Waals surface area contributed by atoms with Gasteiger partial charge in [-0.1, -0.05) is 30.3 Å². The second kappa shape index (κ2) is 7.61. The summed E-state index contributed by atoms with van der Waals surface area (Å²) in [7, 11) is 1.59. The van der Waals surface area contributed by atoms with Crippen molar-refractivity contribution in [1.29, 1.82) is 0 Å². The Bertz CT molecular complexity index is 790. The standard InChI is InChI=1S/C19H19N3O3/c1-25-17-9-5-6-14(10-17)12-20-21-19(24)15-11-18(23)22(13-15)16-7-3-2-4-8-16/h2-10,12,15H,11,13H2,1H3,(H,21,24)/b20-12-/t15-/m0/s1. The van der Waals surface area contributed by atoms with Gasteiger partial charge in [0.05, 0.1) is 19.2 Å². The van der Waals surface area contributed by atoms with Crippen molar-refractivity contribution in [1.82, 2.24) is 5.43 Å². The Morgan fingerprint density at radius 2 is 2.04 bits per heavy atom. The van der Waals surface area contributed by atoms with Crippen LogP contribution < -0.4 is 15.1 Å². The minimum atomic E-state index is -0.407. The summed E-state index contributed by atoms with van der Waals surface area (Å²) >= 11 is 0. The molecule has 1 saturated heterocycles. The average Bonchev–Trinajstić information content (AvgIpc) is 3.04. The van der Waals surface area contributed by atoms with E-state index in [1.165, 1.54) is 0 Å². The molecule has 6 nitrogen and oxygen atoms in total. The maximum Gasteiger partial charge on any atom is 0.245 e. The molecule has 0 radical (unpaired) electrons. The molecule has 2 aromatic rings. The summed E-state index contributed by atoms with van der Waals surface area (Å²) in [6.07, 6.45) is 1.74. The number of hydrazone groups is 1. The summed E-state index contributed by atoms with van der Waals surface area (Å²) in [5.74, 6) is -0.000567. The van der Waals surface area contributed by atoms with E-state index in [1.807, 2.05) is 54.6 Å². The van der Waals surface area contributed by atoms with Crippen molar-refractivity contribution in [3.8, 4) is 5.75 Å².